The lowest BCUT2D eigenvalue weighted by Crippen LogP contribution is -2.47. The molecule has 0 saturated carbocycles. The summed E-state index contributed by atoms with van der Waals surface area (Å²) >= 11 is 0. The quantitative estimate of drug-likeness (QED) is 0.502. The van der Waals surface area contributed by atoms with Crippen molar-refractivity contribution in [3.63, 3.8) is 0 Å². The van der Waals surface area contributed by atoms with Gasteiger partial charge in [0.15, 0.2) is 0 Å². The number of hydrogen-bond donors (Lipinski definition) is 3. The molecule has 0 aliphatic carbocycles. The maximum absolute atomic E-state index is 10.6. The van der Waals surface area contributed by atoms with E-state index in [1.165, 1.54) is 16.5 Å². The maximum Gasteiger partial charge on any atom is 0.404 e. The van der Waals surface area contributed by atoms with Crippen LogP contribution in [0.15, 0.2) is 36.9 Å². The third-order valence-corrected chi connectivity index (χ3v) is 5.92. The van der Waals surface area contributed by atoms with Crippen molar-refractivity contribution in [1.29, 1.82) is 0 Å². The zero-order chi connectivity index (χ0) is 21.8. The molecule has 0 spiro atoms. The Kier molecular flexibility index (Phi) is 6.55. The van der Waals surface area contributed by atoms with Crippen LogP contribution in [-0.4, -0.2) is 74.4 Å². The van der Waals surface area contributed by atoms with Crippen LogP contribution >= 0.6 is 0 Å². The number of benzene rings is 1. The summed E-state index contributed by atoms with van der Waals surface area (Å²) in [5, 5.41) is 12.4. The number of piperazine rings is 1. The number of carbonyl (C=O) groups is 1. The molecule has 4 N–H and O–H groups in total. The second kappa shape index (κ2) is 9.51. The number of imidazole rings is 1. The van der Waals surface area contributed by atoms with Crippen molar-refractivity contribution in [3.05, 3.63) is 53.7 Å². The predicted molar refractivity (Wildman–Crippen MR) is 120 cm³/mol. The SMILES string of the molecule is Cn1cnc(Cn2cc(CN3CCN(CCNC(=O)O)CC3)c3ccc(CN)cc32)c1. The van der Waals surface area contributed by atoms with Gasteiger partial charge in [0, 0.05) is 82.7 Å². The van der Waals surface area contributed by atoms with Crippen LogP contribution in [0.2, 0.25) is 0 Å². The highest BCUT2D eigenvalue weighted by molar-refractivity contribution is 5.84. The van der Waals surface area contributed by atoms with Gasteiger partial charge >= 0.3 is 6.09 Å². The molecule has 2 aromatic heterocycles. The Labute approximate surface area is 182 Å². The van der Waals surface area contributed by atoms with E-state index in [1.54, 1.807) is 0 Å². The highest BCUT2D eigenvalue weighted by Gasteiger charge is 2.19. The molecule has 0 bridgehead atoms. The fraction of sp³-hybridized carbons (Fsp3) is 0.455. The van der Waals surface area contributed by atoms with E-state index in [4.69, 9.17) is 10.8 Å². The Morgan fingerprint density at radius 3 is 2.61 bits per heavy atom. The van der Waals surface area contributed by atoms with Crippen LogP contribution in [0.4, 0.5) is 4.79 Å². The van der Waals surface area contributed by atoms with Gasteiger partial charge in [-0.15, -0.1) is 0 Å². The van der Waals surface area contributed by atoms with Crippen molar-refractivity contribution in [2.75, 3.05) is 39.3 Å². The van der Waals surface area contributed by atoms with E-state index in [2.05, 4.69) is 55.3 Å². The number of amides is 1. The molecule has 0 radical (unpaired) electrons. The first-order valence-corrected chi connectivity index (χ1v) is 10.7. The summed E-state index contributed by atoms with van der Waals surface area (Å²) in [6.07, 6.45) is 5.18. The van der Waals surface area contributed by atoms with E-state index in [-0.39, 0.29) is 0 Å². The number of nitrogens with two attached hydrogens (primary N) is 1. The molecule has 1 aromatic carbocycles. The fourth-order valence-electron chi connectivity index (χ4n) is 4.25. The van der Waals surface area contributed by atoms with Crippen LogP contribution in [0.1, 0.15) is 16.8 Å². The number of nitrogens with zero attached hydrogens (tertiary/aromatic N) is 5. The largest absolute Gasteiger partial charge is 0.465 e. The van der Waals surface area contributed by atoms with Crippen LogP contribution in [-0.2, 0) is 26.7 Å². The molecular formula is C22H31N7O2. The molecule has 9 nitrogen and oxygen atoms in total. The van der Waals surface area contributed by atoms with Crippen LogP contribution in [0.3, 0.4) is 0 Å². The normalized spacial score (nSPS) is 15.5. The van der Waals surface area contributed by atoms with Crippen molar-refractivity contribution in [2.24, 2.45) is 12.8 Å². The summed E-state index contributed by atoms with van der Waals surface area (Å²) in [5.41, 5.74) is 10.6. The molecule has 0 atom stereocenters. The smallest absolute Gasteiger partial charge is 0.404 e. The summed E-state index contributed by atoms with van der Waals surface area (Å²) in [4.78, 5) is 19.9. The third kappa shape index (κ3) is 5.25. The van der Waals surface area contributed by atoms with Gasteiger partial charge in [-0.05, 0) is 17.2 Å². The van der Waals surface area contributed by atoms with E-state index >= 15 is 0 Å². The lowest BCUT2D eigenvalue weighted by molar-refractivity contribution is 0.127. The average Bonchev–Trinajstić information content (AvgIpc) is 3.32. The molecule has 3 aromatic rings. The molecular weight excluding hydrogens is 394 g/mol. The molecule has 1 amide bonds. The summed E-state index contributed by atoms with van der Waals surface area (Å²) in [6, 6.07) is 6.50. The maximum atomic E-state index is 10.6. The van der Waals surface area contributed by atoms with E-state index < -0.39 is 6.09 Å². The molecule has 1 aliphatic rings. The monoisotopic (exact) mass is 425 g/mol. The van der Waals surface area contributed by atoms with E-state index in [1.807, 2.05) is 17.9 Å². The number of carboxylic acid groups (broad SMARTS) is 1. The number of hydrogen-bond acceptors (Lipinski definition) is 5. The van der Waals surface area contributed by atoms with Crippen LogP contribution in [0, 0.1) is 0 Å². The molecule has 1 aliphatic heterocycles. The highest BCUT2D eigenvalue weighted by Crippen LogP contribution is 2.25. The molecule has 3 heterocycles. The Bertz CT molecular complexity index is 1030. The van der Waals surface area contributed by atoms with Crippen molar-refractivity contribution in [3.8, 4) is 0 Å². The van der Waals surface area contributed by atoms with Crippen molar-refractivity contribution >= 4 is 17.0 Å². The van der Waals surface area contributed by atoms with Gasteiger partial charge in [-0.1, -0.05) is 12.1 Å². The number of fused-ring (bicyclic) bond motifs is 1. The molecule has 31 heavy (non-hydrogen) atoms. The van der Waals surface area contributed by atoms with Crippen LogP contribution < -0.4 is 11.1 Å². The van der Waals surface area contributed by atoms with Crippen LogP contribution in [0.25, 0.3) is 10.9 Å². The van der Waals surface area contributed by atoms with E-state index in [0.717, 1.165) is 57.1 Å². The van der Waals surface area contributed by atoms with E-state index in [0.29, 0.717) is 13.1 Å². The Hall–Kier alpha value is -2.88. The van der Waals surface area contributed by atoms with Gasteiger partial charge in [0.25, 0.3) is 0 Å². The van der Waals surface area contributed by atoms with Crippen LogP contribution in [0.5, 0.6) is 0 Å². The number of aryl methyl sites for hydroxylation is 1. The Morgan fingerprint density at radius 2 is 1.94 bits per heavy atom. The van der Waals surface area contributed by atoms with Crippen molar-refractivity contribution in [2.45, 2.75) is 19.6 Å². The minimum Gasteiger partial charge on any atom is -0.465 e. The number of aromatic nitrogens is 3. The summed E-state index contributed by atoms with van der Waals surface area (Å²) in [7, 11) is 1.99. The lowest BCUT2D eigenvalue weighted by Gasteiger charge is -2.34. The average molecular weight is 426 g/mol. The molecule has 166 valence electrons. The predicted octanol–water partition coefficient (Wildman–Crippen LogP) is 1.27. The van der Waals surface area contributed by atoms with Gasteiger partial charge in [-0.25, -0.2) is 9.78 Å². The van der Waals surface area contributed by atoms with Gasteiger partial charge in [0.1, 0.15) is 0 Å². The lowest BCUT2D eigenvalue weighted by atomic mass is 10.1. The van der Waals surface area contributed by atoms with Gasteiger partial charge in [0.2, 0.25) is 0 Å². The van der Waals surface area contributed by atoms with Gasteiger partial charge < -0.3 is 25.3 Å². The fourth-order valence-corrected chi connectivity index (χ4v) is 4.25. The third-order valence-electron chi connectivity index (χ3n) is 5.92. The minimum absolute atomic E-state index is 0.472. The molecule has 4 rings (SSSR count). The summed E-state index contributed by atoms with van der Waals surface area (Å²) < 4.78 is 4.25. The zero-order valence-corrected chi connectivity index (χ0v) is 18.0. The molecule has 9 heteroatoms. The summed E-state index contributed by atoms with van der Waals surface area (Å²) in [5.74, 6) is 0. The highest BCUT2D eigenvalue weighted by atomic mass is 16.4. The minimum atomic E-state index is -0.960. The van der Waals surface area contributed by atoms with Gasteiger partial charge in [0.05, 0.1) is 18.6 Å². The second-order valence-electron chi connectivity index (χ2n) is 8.22. The standard InChI is InChI=1S/C22H31N7O2/c1-26-14-19(25-16-26)15-29-13-18(20-3-2-17(11-23)10-21(20)29)12-28-8-6-27(7-9-28)5-4-24-22(30)31/h2-3,10,13-14,16,24H,4-9,11-12,15,23H2,1H3,(H,30,31). The van der Waals surface area contributed by atoms with Gasteiger partial charge in [-0.2, -0.15) is 0 Å². The number of nitrogens with one attached hydrogen (secondary N) is 1. The van der Waals surface area contributed by atoms with Gasteiger partial charge in [-0.3, -0.25) is 9.80 Å². The second-order valence-corrected chi connectivity index (χ2v) is 8.22. The first-order chi connectivity index (χ1) is 15.0. The molecule has 1 fully saturated rings. The summed E-state index contributed by atoms with van der Waals surface area (Å²) in [6.45, 7) is 7.23. The molecule has 0 unspecified atom stereocenters. The molecule has 1 saturated heterocycles. The zero-order valence-electron chi connectivity index (χ0n) is 18.0. The Balaban J connectivity index is 1.46. The van der Waals surface area contributed by atoms with E-state index in [9.17, 15) is 4.79 Å². The van der Waals surface area contributed by atoms with Crippen molar-refractivity contribution in [1.82, 2.24) is 29.2 Å². The number of rotatable bonds is 8. The Morgan fingerprint density at radius 1 is 1.16 bits per heavy atom. The first kappa shape index (κ1) is 21.4. The first-order valence-electron chi connectivity index (χ1n) is 10.7. The van der Waals surface area contributed by atoms with Crippen molar-refractivity contribution < 1.29 is 9.90 Å². The topological polar surface area (TPSA) is 105 Å².